The number of nitrogens with one attached hydrogen (secondary N) is 1. The normalized spacial score (nSPS) is 12.3. The van der Waals surface area contributed by atoms with Gasteiger partial charge in [0.2, 0.25) is 0 Å². The Hall–Kier alpha value is -0.580. The molecule has 2 aromatic rings. The second kappa shape index (κ2) is 6.25. The van der Waals surface area contributed by atoms with Crippen LogP contribution in [0.2, 0.25) is 5.02 Å². The van der Waals surface area contributed by atoms with E-state index in [0.29, 0.717) is 5.02 Å². The third-order valence-corrected chi connectivity index (χ3v) is 4.24. The van der Waals surface area contributed by atoms with Crippen molar-refractivity contribution in [2.45, 2.75) is 13.0 Å². The van der Waals surface area contributed by atoms with Crippen molar-refractivity contribution in [3.05, 3.63) is 61.7 Å². The first-order chi connectivity index (χ1) is 8.97. The lowest BCUT2D eigenvalue weighted by atomic mass is 10.1. The van der Waals surface area contributed by atoms with Gasteiger partial charge in [0.15, 0.2) is 0 Å². The molecule has 0 fully saturated rings. The molecule has 2 rings (SSSR count). The Kier molecular flexibility index (Phi) is 4.87. The second-order valence-corrected chi connectivity index (χ2v) is 6.33. The summed E-state index contributed by atoms with van der Waals surface area (Å²) in [6.07, 6.45) is 0. The average Bonchev–Trinajstić information content (AvgIpc) is 2.33. The van der Waals surface area contributed by atoms with E-state index >= 15 is 0 Å². The van der Waals surface area contributed by atoms with Crippen molar-refractivity contribution >= 4 is 49.1 Å². The van der Waals surface area contributed by atoms with Crippen molar-refractivity contribution in [1.82, 2.24) is 0 Å². The summed E-state index contributed by atoms with van der Waals surface area (Å²) in [4.78, 5) is 0. The molecule has 0 aliphatic carbocycles. The molecule has 5 heteroatoms. The van der Waals surface area contributed by atoms with Crippen LogP contribution in [0.3, 0.4) is 0 Å². The predicted molar refractivity (Wildman–Crippen MR) is 85.3 cm³/mol. The van der Waals surface area contributed by atoms with Crippen molar-refractivity contribution in [3.8, 4) is 0 Å². The SMILES string of the molecule is CC(Nc1cc(Br)ccc1Br)c1ccc(F)cc1Cl. The zero-order chi connectivity index (χ0) is 14.0. The first kappa shape index (κ1) is 14.8. The molecule has 1 N–H and O–H groups in total. The highest BCUT2D eigenvalue weighted by atomic mass is 79.9. The van der Waals surface area contributed by atoms with E-state index in [1.54, 1.807) is 6.07 Å². The summed E-state index contributed by atoms with van der Waals surface area (Å²) >= 11 is 13.0. The van der Waals surface area contributed by atoms with E-state index in [0.717, 1.165) is 20.2 Å². The molecule has 0 saturated carbocycles. The van der Waals surface area contributed by atoms with Gasteiger partial charge in [-0.3, -0.25) is 0 Å². The minimum absolute atomic E-state index is 0.0290. The highest BCUT2D eigenvalue weighted by Crippen LogP contribution is 2.31. The van der Waals surface area contributed by atoms with Crippen molar-refractivity contribution in [3.63, 3.8) is 0 Å². The molecule has 0 bridgehead atoms. The Labute approximate surface area is 133 Å². The average molecular weight is 408 g/mol. The summed E-state index contributed by atoms with van der Waals surface area (Å²) in [6.45, 7) is 1.98. The zero-order valence-corrected chi connectivity index (χ0v) is 14.0. The summed E-state index contributed by atoms with van der Waals surface area (Å²) in [5.41, 5.74) is 1.80. The van der Waals surface area contributed by atoms with E-state index in [4.69, 9.17) is 11.6 Å². The largest absolute Gasteiger partial charge is 0.378 e. The smallest absolute Gasteiger partial charge is 0.124 e. The molecule has 0 amide bonds. The molecular formula is C14H11Br2ClFN. The Balaban J connectivity index is 2.25. The van der Waals surface area contributed by atoms with Crippen LogP contribution >= 0.6 is 43.5 Å². The number of anilines is 1. The van der Waals surface area contributed by atoms with Gasteiger partial charge in [0, 0.05) is 14.0 Å². The fourth-order valence-electron chi connectivity index (χ4n) is 1.77. The molecule has 19 heavy (non-hydrogen) atoms. The quantitative estimate of drug-likeness (QED) is 0.641. The number of hydrogen-bond donors (Lipinski definition) is 1. The summed E-state index contributed by atoms with van der Waals surface area (Å²) in [5.74, 6) is -0.329. The maximum atomic E-state index is 13.0. The van der Waals surface area contributed by atoms with Crippen LogP contribution in [0.15, 0.2) is 45.3 Å². The molecule has 0 radical (unpaired) electrons. The fourth-order valence-corrected chi connectivity index (χ4v) is 2.82. The third kappa shape index (κ3) is 3.71. The van der Waals surface area contributed by atoms with Gasteiger partial charge in [-0.25, -0.2) is 4.39 Å². The van der Waals surface area contributed by atoms with Gasteiger partial charge in [0.1, 0.15) is 5.82 Å². The molecule has 0 aliphatic rings. The molecule has 1 nitrogen and oxygen atoms in total. The molecule has 0 aromatic heterocycles. The van der Waals surface area contributed by atoms with Crippen molar-refractivity contribution in [2.24, 2.45) is 0 Å². The first-order valence-electron chi connectivity index (χ1n) is 5.64. The Morgan fingerprint density at radius 1 is 1.16 bits per heavy atom. The lowest BCUT2D eigenvalue weighted by Gasteiger charge is -2.18. The molecule has 0 aliphatic heterocycles. The van der Waals surface area contributed by atoms with E-state index in [1.807, 2.05) is 25.1 Å². The maximum absolute atomic E-state index is 13.0. The van der Waals surface area contributed by atoms with Gasteiger partial charge in [-0.2, -0.15) is 0 Å². The summed E-state index contributed by atoms with van der Waals surface area (Å²) < 4.78 is 15.0. The van der Waals surface area contributed by atoms with Crippen LogP contribution in [-0.2, 0) is 0 Å². The lowest BCUT2D eigenvalue weighted by molar-refractivity contribution is 0.626. The minimum Gasteiger partial charge on any atom is -0.378 e. The third-order valence-electron chi connectivity index (χ3n) is 2.73. The standard InChI is InChI=1S/C14H11Br2ClFN/c1-8(11-4-3-10(18)7-13(11)17)19-14-6-9(15)2-5-12(14)16/h2-8,19H,1H3. The number of rotatable bonds is 3. The van der Waals surface area contributed by atoms with E-state index < -0.39 is 0 Å². The number of hydrogen-bond acceptors (Lipinski definition) is 1. The van der Waals surface area contributed by atoms with Crippen molar-refractivity contribution < 1.29 is 4.39 Å². The molecule has 0 heterocycles. The van der Waals surface area contributed by atoms with Gasteiger partial charge in [0.05, 0.1) is 11.7 Å². The maximum Gasteiger partial charge on any atom is 0.124 e. The van der Waals surface area contributed by atoms with Gasteiger partial charge in [-0.1, -0.05) is 33.6 Å². The fraction of sp³-hybridized carbons (Fsp3) is 0.143. The summed E-state index contributed by atoms with van der Waals surface area (Å²) in [5, 5.41) is 3.77. The highest BCUT2D eigenvalue weighted by molar-refractivity contribution is 9.11. The highest BCUT2D eigenvalue weighted by Gasteiger charge is 2.12. The van der Waals surface area contributed by atoms with E-state index in [9.17, 15) is 4.39 Å². The van der Waals surface area contributed by atoms with Crippen LogP contribution in [0, 0.1) is 5.82 Å². The molecule has 1 unspecified atom stereocenters. The van der Waals surface area contributed by atoms with Crippen LogP contribution in [0.25, 0.3) is 0 Å². The minimum atomic E-state index is -0.329. The molecule has 0 spiro atoms. The summed E-state index contributed by atoms with van der Waals surface area (Å²) in [7, 11) is 0. The monoisotopic (exact) mass is 405 g/mol. The Bertz CT molecular complexity index is 604. The van der Waals surface area contributed by atoms with Crippen molar-refractivity contribution in [2.75, 3.05) is 5.32 Å². The first-order valence-corrected chi connectivity index (χ1v) is 7.60. The second-order valence-electron chi connectivity index (χ2n) is 4.16. The van der Waals surface area contributed by atoms with E-state index in [2.05, 4.69) is 37.2 Å². The van der Waals surface area contributed by atoms with Gasteiger partial charge in [0.25, 0.3) is 0 Å². The van der Waals surface area contributed by atoms with E-state index in [-0.39, 0.29) is 11.9 Å². The Morgan fingerprint density at radius 2 is 1.89 bits per heavy atom. The molecule has 1 atom stereocenters. The Morgan fingerprint density at radius 3 is 2.58 bits per heavy atom. The van der Waals surface area contributed by atoms with Crippen LogP contribution in [0.5, 0.6) is 0 Å². The lowest BCUT2D eigenvalue weighted by Crippen LogP contribution is -2.07. The van der Waals surface area contributed by atoms with Gasteiger partial charge >= 0.3 is 0 Å². The van der Waals surface area contributed by atoms with Crippen LogP contribution in [0.1, 0.15) is 18.5 Å². The molecular weight excluding hydrogens is 396 g/mol. The van der Waals surface area contributed by atoms with Crippen LogP contribution < -0.4 is 5.32 Å². The van der Waals surface area contributed by atoms with Crippen LogP contribution in [0.4, 0.5) is 10.1 Å². The van der Waals surface area contributed by atoms with Gasteiger partial charge < -0.3 is 5.32 Å². The summed E-state index contributed by atoms with van der Waals surface area (Å²) in [6, 6.07) is 10.3. The van der Waals surface area contributed by atoms with Gasteiger partial charge in [-0.05, 0) is 58.7 Å². The molecule has 0 saturated heterocycles. The topological polar surface area (TPSA) is 12.0 Å². The number of benzene rings is 2. The molecule has 100 valence electrons. The van der Waals surface area contributed by atoms with Crippen LogP contribution in [-0.4, -0.2) is 0 Å². The number of halogens is 4. The van der Waals surface area contributed by atoms with Gasteiger partial charge in [-0.15, -0.1) is 0 Å². The zero-order valence-electron chi connectivity index (χ0n) is 10.1. The van der Waals surface area contributed by atoms with Crippen molar-refractivity contribution in [1.29, 1.82) is 0 Å². The molecule has 2 aromatic carbocycles. The van der Waals surface area contributed by atoms with E-state index in [1.165, 1.54) is 12.1 Å². The predicted octanol–water partition coefficient (Wildman–Crippen LogP) is 6.18.